The first kappa shape index (κ1) is 25.0. The van der Waals surface area contributed by atoms with Gasteiger partial charge in [-0.05, 0) is 48.8 Å². The molecule has 186 valence electrons. The van der Waals surface area contributed by atoms with Crippen LogP contribution < -0.4 is 15.5 Å². The molecule has 35 heavy (non-hydrogen) atoms. The first-order valence-corrected chi connectivity index (χ1v) is 12.8. The lowest BCUT2D eigenvalue weighted by molar-refractivity contribution is -0.145. The smallest absolute Gasteiger partial charge is 0.249 e. The number of carbonyl (C=O) groups excluding carboxylic acids is 3. The highest BCUT2D eigenvalue weighted by molar-refractivity contribution is 6.08. The molecule has 1 aliphatic heterocycles. The summed E-state index contributed by atoms with van der Waals surface area (Å²) in [5.41, 5.74) is 1.92. The van der Waals surface area contributed by atoms with E-state index in [9.17, 15) is 14.4 Å². The van der Waals surface area contributed by atoms with Crippen LogP contribution in [0.25, 0.3) is 0 Å². The summed E-state index contributed by atoms with van der Waals surface area (Å²) in [6, 6.07) is 17.3. The van der Waals surface area contributed by atoms with Crippen molar-refractivity contribution in [3.8, 4) is 0 Å². The largest absolute Gasteiger partial charge is 0.355 e. The fourth-order valence-electron chi connectivity index (χ4n) is 5.50. The molecule has 1 aliphatic carbocycles. The molecule has 0 spiro atoms. The van der Waals surface area contributed by atoms with Gasteiger partial charge in [-0.25, -0.2) is 0 Å². The number of hydrogen-bond donors (Lipinski definition) is 2. The van der Waals surface area contributed by atoms with Crippen molar-refractivity contribution in [3.05, 3.63) is 65.7 Å². The van der Waals surface area contributed by atoms with Gasteiger partial charge in [0.2, 0.25) is 17.7 Å². The molecule has 2 atom stereocenters. The van der Waals surface area contributed by atoms with Crippen molar-refractivity contribution in [1.82, 2.24) is 10.6 Å². The van der Waals surface area contributed by atoms with E-state index >= 15 is 0 Å². The average molecular weight is 476 g/mol. The number of rotatable bonds is 7. The number of nitrogens with one attached hydrogen (secondary N) is 2. The van der Waals surface area contributed by atoms with Gasteiger partial charge in [0.25, 0.3) is 0 Å². The van der Waals surface area contributed by atoms with Crippen LogP contribution >= 0.6 is 0 Å². The Morgan fingerprint density at radius 1 is 1.00 bits per heavy atom. The zero-order valence-electron chi connectivity index (χ0n) is 21.0. The SMILES string of the molecule is CC(C)CCNC(=O)C1(C(=O)N[C@H]2CC(c3ccccc3)c3ccccc3N(C)C2=O)CCCC1. The molecule has 4 rings (SSSR count). The first-order valence-electron chi connectivity index (χ1n) is 12.8. The van der Waals surface area contributed by atoms with E-state index in [-0.39, 0.29) is 23.6 Å². The Bertz CT molecular complexity index is 1060. The van der Waals surface area contributed by atoms with Gasteiger partial charge in [0.05, 0.1) is 0 Å². The van der Waals surface area contributed by atoms with Crippen LogP contribution in [0.3, 0.4) is 0 Å². The molecule has 6 heteroatoms. The Morgan fingerprint density at radius 3 is 2.34 bits per heavy atom. The van der Waals surface area contributed by atoms with E-state index in [0.717, 1.165) is 36.1 Å². The third kappa shape index (κ3) is 5.12. The van der Waals surface area contributed by atoms with Crippen LogP contribution in [-0.4, -0.2) is 37.4 Å². The van der Waals surface area contributed by atoms with Crippen LogP contribution in [0.2, 0.25) is 0 Å². The van der Waals surface area contributed by atoms with Crippen molar-refractivity contribution in [2.45, 2.75) is 64.3 Å². The zero-order valence-corrected chi connectivity index (χ0v) is 21.0. The van der Waals surface area contributed by atoms with Crippen LogP contribution in [0.1, 0.15) is 69.4 Å². The summed E-state index contributed by atoms with van der Waals surface area (Å²) in [6.07, 6.45) is 4.02. The molecule has 3 amide bonds. The highest BCUT2D eigenvalue weighted by atomic mass is 16.2. The molecule has 1 unspecified atom stereocenters. The van der Waals surface area contributed by atoms with Crippen LogP contribution in [-0.2, 0) is 14.4 Å². The highest BCUT2D eigenvalue weighted by Gasteiger charge is 2.49. The predicted octanol–water partition coefficient (Wildman–Crippen LogP) is 4.39. The number of fused-ring (bicyclic) bond motifs is 1. The van der Waals surface area contributed by atoms with Gasteiger partial charge in [-0.2, -0.15) is 0 Å². The number of amides is 3. The quantitative estimate of drug-likeness (QED) is 0.583. The minimum absolute atomic E-state index is 0.0500. The Hall–Kier alpha value is -3.15. The number of anilines is 1. The second-order valence-corrected chi connectivity index (χ2v) is 10.4. The van der Waals surface area contributed by atoms with Gasteiger partial charge in [0.1, 0.15) is 11.5 Å². The average Bonchev–Trinajstić information content (AvgIpc) is 3.34. The summed E-state index contributed by atoms with van der Waals surface area (Å²) in [5, 5.41) is 6.05. The van der Waals surface area contributed by atoms with Gasteiger partial charge in [0, 0.05) is 25.2 Å². The van der Waals surface area contributed by atoms with Gasteiger partial charge >= 0.3 is 0 Å². The number of nitrogens with zero attached hydrogens (tertiary/aromatic N) is 1. The maximum absolute atomic E-state index is 13.7. The van der Waals surface area contributed by atoms with E-state index in [4.69, 9.17) is 0 Å². The summed E-state index contributed by atoms with van der Waals surface area (Å²) in [7, 11) is 1.76. The number of hydrogen-bond acceptors (Lipinski definition) is 3. The molecular formula is C29H37N3O3. The van der Waals surface area contributed by atoms with Crippen LogP contribution in [0.4, 0.5) is 5.69 Å². The van der Waals surface area contributed by atoms with Gasteiger partial charge in [-0.15, -0.1) is 0 Å². The second kappa shape index (κ2) is 10.6. The number of likely N-dealkylation sites (N-methyl/N-ethyl adjacent to an activating group) is 1. The van der Waals surface area contributed by atoms with Gasteiger partial charge in [-0.3, -0.25) is 14.4 Å². The number of carbonyl (C=O) groups is 3. The van der Waals surface area contributed by atoms with E-state index in [1.807, 2.05) is 36.4 Å². The Morgan fingerprint density at radius 2 is 1.66 bits per heavy atom. The van der Waals surface area contributed by atoms with Crippen molar-refractivity contribution in [3.63, 3.8) is 0 Å². The Labute approximate surface area is 208 Å². The summed E-state index contributed by atoms with van der Waals surface area (Å²) >= 11 is 0. The first-order chi connectivity index (χ1) is 16.8. The maximum atomic E-state index is 13.7. The van der Waals surface area contributed by atoms with Crippen LogP contribution in [0.5, 0.6) is 0 Å². The Kier molecular flexibility index (Phi) is 7.58. The van der Waals surface area contributed by atoms with Crippen molar-refractivity contribution in [2.75, 3.05) is 18.5 Å². The third-order valence-corrected chi connectivity index (χ3v) is 7.61. The fraction of sp³-hybridized carbons (Fsp3) is 0.483. The van der Waals surface area contributed by atoms with Crippen LogP contribution in [0.15, 0.2) is 54.6 Å². The van der Waals surface area contributed by atoms with Gasteiger partial charge in [-0.1, -0.05) is 75.2 Å². The number of benzene rings is 2. The summed E-state index contributed by atoms with van der Waals surface area (Å²) in [4.78, 5) is 42.2. The van der Waals surface area contributed by atoms with Crippen molar-refractivity contribution >= 4 is 23.4 Å². The molecule has 6 nitrogen and oxygen atoms in total. The topological polar surface area (TPSA) is 78.5 Å². The minimum Gasteiger partial charge on any atom is -0.355 e. The zero-order chi connectivity index (χ0) is 25.0. The van der Waals surface area contributed by atoms with Crippen molar-refractivity contribution in [2.24, 2.45) is 11.3 Å². The third-order valence-electron chi connectivity index (χ3n) is 7.61. The molecule has 2 aromatic rings. The lowest BCUT2D eigenvalue weighted by atomic mass is 9.82. The molecule has 1 saturated carbocycles. The molecule has 0 aromatic heterocycles. The Balaban J connectivity index is 1.61. The molecule has 2 N–H and O–H groups in total. The van der Waals surface area contributed by atoms with Crippen LogP contribution in [0, 0.1) is 11.3 Å². The minimum atomic E-state index is -1.10. The highest BCUT2D eigenvalue weighted by Crippen LogP contribution is 2.41. The molecular weight excluding hydrogens is 438 g/mol. The van der Waals surface area contributed by atoms with Gasteiger partial charge in [0.15, 0.2) is 0 Å². The van der Waals surface area contributed by atoms with E-state index in [2.05, 4.69) is 42.7 Å². The maximum Gasteiger partial charge on any atom is 0.249 e. The van der Waals surface area contributed by atoms with Crippen molar-refractivity contribution in [1.29, 1.82) is 0 Å². The summed E-state index contributed by atoms with van der Waals surface area (Å²) in [6.45, 7) is 4.78. The van der Waals surface area contributed by atoms with E-state index in [1.165, 1.54) is 0 Å². The lowest BCUT2D eigenvalue weighted by Gasteiger charge is -2.30. The second-order valence-electron chi connectivity index (χ2n) is 10.4. The predicted molar refractivity (Wildman–Crippen MR) is 138 cm³/mol. The van der Waals surface area contributed by atoms with E-state index in [0.29, 0.717) is 31.7 Å². The summed E-state index contributed by atoms with van der Waals surface area (Å²) < 4.78 is 0. The molecule has 0 bridgehead atoms. The molecule has 1 fully saturated rings. The normalized spacial score (nSPS) is 21.4. The fourth-order valence-corrected chi connectivity index (χ4v) is 5.50. The molecule has 2 aliphatic rings. The monoisotopic (exact) mass is 475 g/mol. The summed E-state index contributed by atoms with van der Waals surface area (Å²) in [5.74, 6) is -0.255. The molecule has 0 radical (unpaired) electrons. The molecule has 0 saturated heterocycles. The van der Waals surface area contributed by atoms with E-state index < -0.39 is 11.5 Å². The molecule has 1 heterocycles. The lowest BCUT2D eigenvalue weighted by Crippen LogP contribution is -2.55. The van der Waals surface area contributed by atoms with Crippen molar-refractivity contribution < 1.29 is 14.4 Å². The number of para-hydroxylation sites is 1. The van der Waals surface area contributed by atoms with Gasteiger partial charge < -0.3 is 15.5 Å². The standard InChI is InChI=1S/C29H37N3O3/c1-20(2)15-18-30-27(34)29(16-9-10-17-29)28(35)31-24-19-23(21-11-5-4-6-12-21)22-13-7-8-14-25(22)32(3)26(24)33/h4-8,11-14,20,23-24H,9-10,15-19H2,1-3H3,(H,30,34)(H,31,35)/t23?,24-/m0/s1. The van der Waals surface area contributed by atoms with E-state index in [1.54, 1.807) is 11.9 Å². The molecule has 2 aromatic carbocycles.